The standard InChI is InChI=1S/C13H9NO4S/c15-9-6-7-10-11(9)12(14(16)17)13(19-10)18-8-4-2-1-3-5-8/h1-5H,6-7H2. The minimum atomic E-state index is -0.531. The summed E-state index contributed by atoms with van der Waals surface area (Å²) in [6, 6.07) is 8.84. The summed E-state index contributed by atoms with van der Waals surface area (Å²) in [4.78, 5) is 23.1. The second kappa shape index (κ2) is 4.47. The van der Waals surface area contributed by atoms with Crippen LogP contribution in [0.5, 0.6) is 10.8 Å². The lowest BCUT2D eigenvalue weighted by Crippen LogP contribution is -1.98. The van der Waals surface area contributed by atoms with Crippen LogP contribution in [0, 0.1) is 10.1 Å². The molecule has 1 aliphatic rings. The number of ketones is 1. The van der Waals surface area contributed by atoms with Gasteiger partial charge in [-0.1, -0.05) is 29.5 Å². The maximum Gasteiger partial charge on any atom is 0.333 e. The number of carbonyl (C=O) groups excluding carboxylic acids is 1. The van der Waals surface area contributed by atoms with Crippen molar-refractivity contribution in [3.8, 4) is 10.8 Å². The predicted octanol–water partition coefficient (Wildman–Crippen LogP) is 3.58. The smallest absolute Gasteiger partial charge is 0.333 e. The third kappa shape index (κ3) is 2.00. The van der Waals surface area contributed by atoms with Crippen LogP contribution in [0.15, 0.2) is 30.3 Å². The Morgan fingerprint density at radius 1 is 1.21 bits per heavy atom. The van der Waals surface area contributed by atoms with Crippen LogP contribution in [-0.4, -0.2) is 10.7 Å². The zero-order valence-electron chi connectivity index (χ0n) is 9.79. The van der Waals surface area contributed by atoms with Crippen molar-refractivity contribution < 1.29 is 14.5 Å². The Morgan fingerprint density at radius 3 is 2.63 bits per heavy atom. The number of para-hydroxylation sites is 1. The maximum atomic E-state index is 11.7. The lowest BCUT2D eigenvalue weighted by atomic mass is 10.2. The van der Waals surface area contributed by atoms with Crippen LogP contribution in [0.3, 0.4) is 0 Å². The molecule has 1 heterocycles. The molecular formula is C13H9NO4S. The van der Waals surface area contributed by atoms with E-state index in [0.29, 0.717) is 18.6 Å². The highest BCUT2D eigenvalue weighted by Crippen LogP contribution is 2.47. The summed E-state index contributed by atoms with van der Waals surface area (Å²) >= 11 is 1.19. The summed E-state index contributed by atoms with van der Waals surface area (Å²) in [5.41, 5.74) is 0.0484. The Hall–Kier alpha value is -2.21. The minimum absolute atomic E-state index is 0.166. The Bertz CT molecular complexity index is 663. The van der Waals surface area contributed by atoms with E-state index in [4.69, 9.17) is 4.74 Å². The van der Waals surface area contributed by atoms with Crippen LogP contribution in [0.4, 0.5) is 5.69 Å². The van der Waals surface area contributed by atoms with Crippen LogP contribution in [0.2, 0.25) is 0 Å². The van der Waals surface area contributed by atoms with Crippen molar-refractivity contribution in [2.24, 2.45) is 0 Å². The van der Waals surface area contributed by atoms with Gasteiger partial charge in [-0.05, 0) is 18.6 Å². The zero-order chi connectivity index (χ0) is 13.4. The van der Waals surface area contributed by atoms with E-state index in [-0.39, 0.29) is 22.1 Å². The molecule has 5 nitrogen and oxygen atoms in total. The molecule has 0 saturated heterocycles. The van der Waals surface area contributed by atoms with Gasteiger partial charge in [-0.15, -0.1) is 0 Å². The van der Waals surface area contributed by atoms with Crippen molar-refractivity contribution in [1.29, 1.82) is 0 Å². The van der Waals surface area contributed by atoms with Gasteiger partial charge in [-0.3, -0.25) is 14.9 Å². The number of hydrogen-bond acceptors (Lipinski definition) is 5. The largest absolute Gasteiger partial charge is 0.440 e. The van der Waals surface area contributed by atoms with Gasteiger partial charge < -0.3 is 4.74 Å². The number of nitrogens with zero attached hydrogens (tertiary/aromatic N) is 1. The van der Waals surface area contributed by atoms with Crippen molar-refractivity contribution in [2.45, 2.75) is 12.8 Å². The number of rotatable bonds is 3. The predicted molar refractivity (Wildman–Crippen MR) is 70.1 cm³/mol. The van der Waals surface area contributed by atoms with E-state index in [1.807, 2.05) is 6.07 Å². The molecule has 0 N–H and O–H groups in total. The molecule has 19 heavy (non-hydrogen) atoms. The van der Waals surface area contributed by atoms with Crippen molar-refractivity contribution >= 4 is 22.8 Å². The van der Waals surface area contributed by atoms with Crippen molar-refractivity contribution in [3.63, 3.8) is 0 Å². The van der Waals surface area contributed by atoms with Gasteiger partial charge in [0.1, 0.15) is 11.3 Å². The van der Waals surface area contributed by atoms with Crippen LogP contribution in [-0.2, 0) is 6.42 Å². The topological polar surface area (TPSA) is 69.4 Å². The second-order valence-electron chi connectivity index (χ2n) is 4.13. The molecule has 0 bridgehead atoms. The highest BCUT2D eigenvalue weighted by atomic mass is 32.1. The fourth-order valence-corrected chi connectivity index (χ4v) is 3.24. The summed E-state index contributed by atoms with van der Waals surface area (Å²) in [6.07, 6.45) is 0.922. The lowest BCUT2D eigenvalue weighted by molar-refractivity contribution is -0.385. The van der Waals surface area contributed by atoms with Crippen LogP contribution in [0.1, 0.15) is 21.7 Å². The zero-order valence-corrected chi connectivity index (χ0v) is 10.6. The van der Waals surface area contributed by atoms with E-state index in [0.717, 1.165) is 4.88 Å². The molecule has 0 amide bonds. The SMILES string of the molecule is O=C1CCc2sc(Oc3ccccc3)c([N+](=O)[O-])c21. The first-order valence-electron chi connectivity index (χ1n) is 5.73. The Labute approximate surface area is 112 Å². The lowest BCUT2D eigenvalue weighted by Gasteiger charge is -2.02. The van der Waals surface area contributed by atoms with E-state index in [1.165, 1.54) is 11.3 Å². The molecule has 3 rings (SSSR count). The average Bonchev–Trinajstić information content (AvgIpc) is 2.91. The van der Waals surface area contributed by atoms with Crippen LogP contribution >= 0.6 is 11.3 Å². The third-order valence-corrected chi connectivity index (χ3v) is 4.04. The maximum absolute atomic E-state index is 11.7. The van der Waals surface area contributed by atoms with Crippen LogP contribution in [0.25, 0.3) is 0 Å². The van der Waals surface area contributed by atoms with Gasteiger partial charge in [-0.2, -0.15) is 0 Å². The van der Waals surface area contributed by atoms with E-state index in [1.54, 1.807) is 24.3 Å². The Morgan fingerprint density at radius 2 is 1.95 bits per heavy atom. The van der Waals surface area contributed by atoms with Gasteiger partial charge in [0, 0.05) is 11.3 Å². The number of benzene rings is 1. The first-order valence-corrected chi connectivity index (χ1v) is 6.54. The Balaban J connectivity index is 2.05. The van der Waals surface area contributed by atoms with Gasteiger partial charge in [0.25, 0.3) is 5.06 Å². The highest BCUT2D eigenvalue weighted by Gasteiger charge is 2.36. The molecule has 0 unspecified atom stereocenters. The molecule has 0 saturated carbocycles. The van der Waals surface area contributed by atoms with Crippen molar-refractivity contribution in [3.05, 3.63) is 50.9 Å². The second-order valence-corrected chi connectivity index (χ2v) is 5.20. The van der Waals surface area contributed by atoms with Gasteiger partial charge in [0.2, 0.25) is 0 Å². The molecule has 2 aromatic rings. The van der Waals surface area contributed by atoms with Gasteiger partial charge in [0.05, 0.1) is 4.92 Å². The van der Waals surface area contributed by atoms with E-state index < -0.39 is 4.92 Å². The molecule has 96 valence electrons. The number of fused-ring (bicyclic) bond motifs is 1. The van der Waals surface area contributed by atoms with Gasteiger partial charge in [0.15, 0.2) is 5.78 Å². The average molecular weight is 275 g/mol. The van der Waals surface area contributed by atoms with E-state index >= 15 is 0 Å². The molecule has 0 spiro atoms. The monoisotopic (exact) mass is 275 g/mol. The summed E-state index contributed by atoms with van der Waals surface area (Å²) < 4.78 is 5.54. The first-order chi connectivity index (χ1) is 9.16. The molecule has 1 aromatic heterocycles. The van der Waals surface area contributed by atoms with Crippen LogP contribution < -0.4 is 4.74 Å². The fraction of sp³-hybridized carbons (Fsp3) is 0.154. The number of nitro groups is 1. The molecule has 1 aromatic carbocycles. The number of hydrogen-bond donors (Lipinski definition) is 0. The number of Topliss-reactive ketones (excluding diaryl/α,β-unsaturated/α-hetero) is 1. The van der Waals surface area contributed by atoms with E-state index in [2.05, 4.69) is 0 Å². The number of carbonyl (C=O) groups is 1. The van der Waals surface area contributed by atoms with Crippen molar-refractivity contribution in [2.75, 3.05) is 0 Å². The summed E-state index contributed by atoms with van der Waals surface area (Å²) in [7, 11) is 0. The molecule has 1 aliphatic carbocycles. The fourth-order valence-electron chi connectivity index (χ4n) is 2.09. The molecule has 0 atom stereocenters. The van der Waals surface area contributed by atoms with Gasteiger partial charge >= 0.3 is 5.69 Å². The molecule has 0 radical (unpaired) electrons. The highest BCUT2D eigenvalue weighted by molar-refractivity contribution is 7.15. The summed E-state index contributed by atoms with van der Waals surface area (Å²) in [6.45, 7) is 0. The number of aryl methyl sites for hydroxylation is 1. The molecule has 0 fully saturated rings. The summed E-state index contributed by atoms with van der Waals surface area (Å²) in [5, 5.41) is 11.3. The quantitative estimate of drug-likeness (QED) is 0.634. The van der Waals surface area contributed by atoms with E-state index in [9.17, 15) is 14.9 Å². The molecule has 6 heteroatoms. The normalized spacial score (nSPS) is 13.4. The van der Waals surface area contributed by atoms with Crippen molar-refractivity contribution in [1.82, 2.24) is 0 Å². The Kier molecular flexibility index (Phi) is 2.79. The molecular weight excluding hydrogens is 266 g/mol. The number of ether oxygens (including phenoxy) is 1. The van der Waals surface area contributed by atoms with Gasteiger partial charge in [-0.25, -0.2) is 0 Å². The summed E-state index contributed by atoms with van der Waals surface area (Å²) in [5.74, 6) is 0.360. The third-order valence-electron chi connectivity index (χ3n) is 2.92. The minimum Gasteiger partial charge on any atom is -0.440 e. The molecule has 0 aliphatic heterocycles. The number of thiophene rings is 1. The first kappa shape index (κ1) is 11.9.